The molecule has 4 nitrogen and oxygen atoms in total. The lowest BCUT2D eigenvalue weighted by atomic mass is 10.2. The fraction of sp³-hybridized carbons (Fsp3) is 0.222. The van der Waals surface area contributed by atoms with Crippen LogP contribution in [0.25, 0.3) is 6.08 Å². The third kappa shape index (κ3) is 1.36. The summed E-state index contributed by atoms with van der Waals surface area (Å²) in [5.41, 5.74) is 1.79. The number of rotatable bonds is 1. The maximum absolute atomic E-state index is 5.74. The highest BCUT2D eigenvalue weighted by Gasteiger charge is 2.11. The summed E-state index contributed by atoms with van der Waals surface area (Å²) < 4.78 is 5.01. The second kappa shape index (κ2) is 3.06. The molecule has 1 aliphatic heterocycles. The molecular weight excluding hydrogens is 166 g/mol. The highest BCUT2D eigenvalue weighted by molar-refractivity contribution is 5.68. The Hall–Kier alpha value is -1.55. The molecule has 1 aromatic rings. The van der Waals surface area contributed by atoms with Gasteiger partial charge in [0.15, 0.2) is 0 Å². The number of nitrogens with zero attached hydrogens (tertiary/aromatic N) is 2. The van der Waals surface area contributed by atoms with Crippen molar-refractivity contribution in [2.75, 3.05) is 18.7 Å². The Balaban J connectivity index is 2.47. The van der Waals surface area contributed by atoms with Gasteiger partial charge in [-0.15, -0.1) is 0 Å². The van der Waals surface area contributed by atoms with E-state index >= 15 is 0 Å². The molecule has 0 fully saturated rings. The van der Waals surface area contributed by atoms with E-state index in [9.17, 15) is 0 Å². The Morgan fingerprint density at radius 3 is 3.15 bits per heavy atom. The van der Waals surface area contributed by atoms with Crippen LogP contribution < -0.4 is 15.6 Å². The van der Waals surface area contributed by atoms with Crippen molar-refractivity contribution in [3.05, 3.63) is 23.9 Å². The average Bonchev–Trinajstić information content (AvgIpc) is 2.18. The quantitative estimate of drug-likeness (QED) is 0.644. The Morgan fingerprint density at radius 2 is 2.38 bits per heavy atom. The van der Waals surface area contributed by atoms with Crippen LogP contribution in [-0.4, -0.2) is 18.6 Å². The van der Waals surface area contributed by atoms with Gasteiger partial charge in [0.2, 0.25) is 5.88 Å². The van der Waals surface area contributed by atoms with E-state index in [1.54, 1.807) is 18.2 Å². The first-order chi connectivity index (χ1) is 6.31. The molecule has 0 saturated heterocycles. The van der Waals surface area contributed by atoms with Gasteiger partial charge in [-0.2, -0.15) is 0 Å². The third-order valence-electron chi connectivity index (χ3n) is 1.97. The number of anilines is 1. The first-order valence-corrected chi connectivity index (χ1v) is 4.05. The molecule has 13 heavy (non-hydrogen) atoms. The Kier molecular flexibility index (Phi) is 1.90. The number of ether oxygens (including phenoxy) is 1. The molecule has 2 rings (SSSR count). The van der Waals surface area contributed by atoms with Crippen LogP contribution in [0.1, 0.15) is 5.69 Å². The monoisotopic (exact) mass is 177 g/mol. The summed E-state index contributed by atoms with van der Waals surface area (Å²) in [5, 5.41) is 1.65. The van der Waals surface area contributed by atoms with E-state index in [0.29, 0.717) is 5.88 Å². The highest BCUT2D eigenvalue weighted by Crippen LogP contribution is 2.23. The summed E-state index contributed by atoms with van der Waals surface area (Å²) in [6.07, 6.45) is 3.91. The highest BCUT2D eigenvalue weighted by atomic mass is 16.5. The van der Waals surface area contributed by atoms with Gasteiger partial charge in [0.25, 0.3) is 0 Å². The molecule has 1 aliphatic rings. The Labute approximate surface area is 76.6 Å². The number of pyridine rings is 1. The molecule has 0 atom stereocenters. The topological polar surface area (TPSA) is 51.4 Å². The number of fused-ring (bicyclic) bond motifs is 1. The van der Waals surface area contributed by atoms with Crippen molar-refractivity contribution in [2.24, 2.45) is 5.84 Å². The molecule has 4 heteroatoms. The van der Waals surface area contributed by atoms with Gasteiger partial charge in [-0.25, -0.2) is 10.8 Å². The number of aromatic nitrogens is 1. The van der Waals surface area contributed by atoms with E-state index in [4.69, 9.17) is 10.6 Å². The maximum Gasteiger partial charge on any atom is 0.213 e. The Morgan fingerprint density at radius 1 is 1.54 bits per heavy atom. The smallest absolute Gasteiger partial charge is 0.213 e. The van der Waals surface area contributed by atoms with Gasteiger partial charge in [-0.05, 0) is 12.1 Å². The summed E-state index contributed by atoms with van der Waals surface area (Å²) in [6, 6.07) is 3.71. The molecule has 0 aromatic carbocycles. The number of hydrazine groups is 1. The molecule has 0 amide bonds. The van der Waals surface area contributed by atoms with Crippen molar-refractivity contribution >= 4 is 11.8 Å². The van der Waals surface area contributed by atoms with Gasteiger partial charge in [-0.3, -0.25) is 0 Å². The number of hydrogen-bond donors (Lipinski definition) is 1. The first kappa shape index (κ1) is 8.07. The van der Waals surface area contributed by atoms with Crippen LogP contribution in [0, 0.1) is 0 Å². The van der Waals surface area contributed by atoms with Crippen LogP contribution in [-0.2, 0) is 0 Å². The minimum Gasteiger partial charge on any atom is -0.481 e. The van der Waals surface area contributed by atoms with E-state index in [-0.39, 0.29) is 0 Å². The molecule has 68 valence electrons. The van der Waals surface area contributed by atoms with Gasteiger partial charge in [0.1, 0.15) is 0 Å². The normalized spacial score (nSPS) is 14.2. The van der Waals surface area contributed by atoms with E-state index < -0.39 is 0 Å². The molecule has 1 aromatic heterocycles. The van der Waals surface area contributed by atoms with Crippen molar-refractivity contribution in [3.63, 3.8) is 0 Å². The van der Waals surface area contributed by atoms with Crippen LogP contribution in [0.15, 0.2) is 18.2 Å². The summed E-state index contributed by atoms with van der Waals surface area (Å²) in [6.45, 7) is 0.723. The number of methoxy groups -OCH3 is 1. The second-order valence-corrected chi connectivity index (χ2v) is 2.81. The van der Waals surface area contributed by atoms with E-state index in [0.717, 1.165) is 17.9 Å². The summed E-state index contributed by atoms with van der Waals surface area (Å²) in [7, 11) is 1.60. The molecule has 2 N–H and O–H groups in total. The largest absolute Gasteiger partial charge is 0.481 e. The second-order valence-electron chi connectivity index (χ2n) is 2.81. The van der Waals surface area contributed by atoms with Crippen LogP contribution in [0.2, 0.25) is 0 Å². The summed E-state index contributed by atoms with van der Waals surface area (Å²) >= 11 is 0. The molecule has 0 unspecified atom stereocenters. The standard InChI is InChI=1S/C9H11N3O/c1-13-9-5-4-8-7(11-9)3-2-6-12(8)10/h2-5H,6,10H2,1H3. The van der Waals surface area contributed by atoms with Gasteiger partial charge in [-0.1, -0.05) is 6.08 Å². The fourth-order valence-electron chi connectivity index (χ4n) is 1.30. The average molecular weight is 177 g/mol. The van der Waals surface area contributed by atoms with Crippen LogP contribution in [0.3, 0.4) is 0 Å². The zero-order valence-corrected chi connectivity index (χ0v) is 7.40. The van der Waals surface area contributed by atoms with Crippen LogP contribution >= 0.6 is 0 Å². The first-order valence-electron chi connectivity index (χ1n) is 4.05. The molecule has 0 spiro atoms. The lowest BCUT2D eigenvalue weighted by Crippen LogP contribution is -2.33. The minimum atomic E-state index is 0.610. The SMILES string of the molecule is COc1ccc2c(n1)C=CCN2N. The van der Waals surface area contributed by atoms with Gasteiger partial charge in [0.05, 0.1) is 25.0 Å². The molecule has 0 bridgehead atoms. The van der Waals surface area contributed by atoms with Gasteiger partial charge < -0.3 is 9.75 Å². The third-order valence-corrected chi connectivity index (χ3v) is 1.97. The van der Waals surface area contributed by atoms with Gasteiger partial charge in [0, 0.05) is 6.07 Å². The predicted molar refractivity (Wildman–Crippen MR) is 51.4 cm³/mol. The van der Waals surface area contributed by atoms with Gasteiger partial charge >= 0.3 is 0 Å². The van der Waals surface area contributed by atoms with E-state index in [2.05, 4.69) is 4.98 Å². The van der Waals surface area contributed by atoms with Crippen molar-refractivity contribution in [1.29, 1.82) is 0 Å². The van der Waals surface area contributed by atoms with Crippen molar-refractivity contribution in [2.45, 2.75) is 0 Å². The number of nitrogens with two attached hydrogens (primary N) is 1. The lowest BCUT2D eigenvalue weighted by Gasteiger charge is -2.21. The summed E-state index contributed by atoms with van der Waals surface area (Å²) in [4.78, 5) is 4.25. The van der Waals surface area contributed by atoms with Crippen LogP contribution in [0.4, 0.5) is 5.69 Å². The van der Waals surface area contributed by atoms with E-state index in [1.165, 1.54) is 0 Å². The van der Waals surface area contributed by atoms with Crippen molar-refractivity contribution in [3.8, 4) is 5.88 Å². The zero-order chi connectivity index (χ0) is 9.26. The molecular formula is C9H11N3O. The van der Waals surface area contributed by atoms with Crippen molar-refractivity contribution in [1.82, 2.24) is 4.98 Å². The van der Waals surface area contributed by atoms with Crippen molar-refractivity contribution < 1.29 is 4.74 Å². The van der Waals surface area contributed by atoms with Crippen LogP contribution in [0.5, 0.6) is 5.88 Å². The lowest BCUT2D eigenvalue weighted by molar-refractivity contribution is 0.397. The zero-order valence-electron chi connectivity index (χ0n) is 7.40. The fourth-order valence-corrected chi connectivity index (χ4v) is 1.30. The molecule has 2 heterocycles. The summed E-state index contributed by atoms with van der Waals surface area (Å²) in [5.74, 6) is 6.35. The predicted octanol–water partition coefficient (Wildman–Crippen LogP) is 0.797. The Bertz CT molecular complexity index is 349. The maximum atomic E-state index is 5.74. The molecule has 0 radical (unpaired) electrons. The molecule has 0 aliphatic carbocycles. The number of hydrogen-bond acceptors (Lipinski definition) is 4. The van der Waals surface area contributed by atoms with E-state index in [1.807, 2.05) is 18.2 Å². The molecule has 0 saturated carbocycles. The minimum absolute atomic E-state index is 0.610.